The summed E-state index contributed by atoms with van der Waals surface area (Å²) in [4.78, 5) is 40.4. The Hall–Kier alpha value is -0.762. The maximum atomic E-state index is 13.8. The first-order valence-electron chi connectivity index (χ1n) is 9.35. The molecular weight excluding hydrogens is 411 g/mol. The minimum Gasteiger partial charge on any atom is -0.391 e. The molecular formula is C16H37N3O4Si4. The lowest BCUT2D eigenvalue weighted by atomic mass is 10.2. The topological polar surface area (TPSA) is 81.2 Å². The maximum absolute atomic E-state index is 13.8. The molecule has 1 rings (SSSR count). The Bertz CT molecular complexity index is 645. The van der Waals surface area contributed by atoms with Gasteiger partial charge in [0.05, 0.1) is 0 Å². The van der Waals surface area contributed by atoms with Crippen LogP contribution in [0.5, 0.6) is 0 Å². The molecule has 0 aromatic heterocycles. The van der Waals surface area contributed by atoms with Gasteiger partial charge in [-0.1, -0.05) is 78.6 Å². The predicted octanol–water partition coefficient (Wildman–Crippen LogP) is 3.11. The van der Waals surface area contributed by atoms with Crippen molar-refractivity contribution in [2.24, 2.45) is 0 Å². The zero-order chi connectivity index (χ0) is 22.0. The van der Waals surface area contributed by atoms with Crippen molar-refractivity contribution in [1.82, 2.24) is 13.4 Å². The standard InChI is InChI=1S/C16H37N3O4Si4/c1-24(2,3)17-13(20)16(23,18(15(17)22)25(4,5)6)14(21)19(26(7,8)9)27(10,11)12/h23H,1-12H3. The molecule has 1 aliphatic heterocycles. The maximum Gasteiger partial charge on any atom is 0.313 e. The highest BCUT2D eigenvalue weighted by molar-refractivity contribution is 6.93. The zero-order valence-corrected chi connectivity index (χ0v) is 23.0. The second-order valence-corrected chi connectivity index (χ2v) is 30.9. The van der Waals surface area contributed by atoms with Gasteiger partial charge in [0.15, 0.2) is 16.5 Å². The number of carbonyl (C=O) groups is 3. The van der Waals surface area contributed by atoms with E-state index in [2.05, 4.69) is 0 Å². The van der Waals surface area contributed by atoms with Gasteiger partial charge in [-0.25, -0.2) is 4.79 Å². The van der Waals surface area contributed by atoms with Crippen LogP contribution in [0.3, 0.4) is 0 Å². The van der Waals surface area contributed by atoms with Crippen molar-refractivity contribution < 1.29 is 19.5 Å². The van der Waals surface area contributed by atoms with E-state index in [9.17, 15) is 19.5 Å². The Morgan fingerprint density at radius 2 is 1.19 bits per heavy atom. The summed E-state index contributed by atoms with van der Waals surface area (Å²) in [5.74, 6) is -1.37. The molecule has 0 bridgehead atoms. The van der Waals surface area contributed by atoms with Crippen molar-refractivity contribution in [2.75, 3.05) is 0 Å². The number of carbonyl (C=O) groups excluding carboxylic acids is 3. The Kier molecular flexibility index (Phi) is 5.97. The van der Waals surface area contributed by atoms with Gasteiger partial charge in [-0.3, -0.25) is 14.2 Å². The number of urea groups is 1. The minimum absolute atomic E-state index is 0.514. The molecule has 156 valence electrons. The van der Waals surface area contributed by atoms with Crippen LogP contribution in [-0.2, 0) is 9.59 Å². The van der Waals surface area contributed by atoms with E-state index in [1.54, 1.807) is 4.23 Å². The van der Waals surface area contributed by atoms with Crippen LogP contribution in [0.2, 0.25) is 78.6 Å². The van der Waals surface area contributed by atoms with E-state index >= 15 is 0 Å². The molecule has 0 spiro atoms. The summed E-state index contributed by atoms with van der Waals surface area (Å²) in [6.45, 7) is 23.4. The number of amides is 4. The molecule has 4 amide bonds. The Labute approximate surface area is 168 Å². The molecule has 7 nitrogen and oxygen atoms in total. The molecule has 0 radical (unpaired) electrons. The molecule has 1 N–H and O–H groups in total. The van der Waals surface area contributed by atoms with Crippen LogP contribution in [0.1, 0.15) is 0 Å². The molecule has 0 saturated carbocycles. The van der Waals surface area contributed by atoms with Gasteiger partial charge in [0.1, 0.15) is 16.5 Å². The van der Waals surface area contributed by atoms with Gasteiger partial charge in [-0.2, -0.15) is 0 Å². The fourth-order valence-corrected chi connectivity index (χ4v) is 16.9. The van der Waals surface area contributed by atoms with Gasteiger partial charge in [0.25, 0.3) is 17.5 Å². The zero-order valence-electron chi connectivity index (χ0n) is 19.0. The second-order valence-electron chi connectivity index (χ2n) is 11.3. The monoisotopic (exact) mass is 447 g/mol. The van der Waals surface area contributed by atoms with E-state index in [0.29, 0.717) is 0 Å². The molecule has 0 aliphatic carbocycles. The molecule has 27 heavy (non-hydrogen) atoms. The summed E-state index contributed by atoms with van der Waals surface area (Å²) in [6, 6.07) is -0.514. The molecule has 1 aliphatic rings. The van der Waals surface area contributed by atoms with Gasteiger partial charge in [0.2, 0.25) is 0 Å². The van der Waals surface area contributed by atoms with Gasteiger partial charge in [0, 0.05) is 0 Å². The Morgan fingerprint density at radius 1 is 0.815 bits per heavy atom. The highest BCUT2D eigenvalue weighted by atomic mass is 28.4. The SMILES string of the molecule is C[Si](C)(C)N1C(=O)N([Si](C)(C)C)C(O)(C(=O)N([Si](C)(C)C)[Si](C)(C)C)C1=O. The Balaban J connectivity index is 3.76. The Morgan fingerprint density at radius 3 is 1.44 bits per heavy atom. The van der Waals surface area contributed by atoms with E-state index in [-0.39, 0.29) is 0 Å². The van der Waals surface area contributed by atoms with Crippen molar-refractivity contribution in [2.45, 2.75) is 84.3 Å². The van der Waals surface area contributed by atoms with Gasteiger partial charge < -0.3 is 13.9 Å². The average molecular weight is 448 g/mol. The summed E-state index contributed by atoms with van der Waals surface area (Å²) < 4.78 is 4.22. The summed E-state index contributed by atoms with van der Waals surface area (Å²) >= 11 is 0. The quantitative estimate of drug-likeness (QED) is 0.399. The number of hydrogen-bond donors (Lipinski definition) is 1. The van der Waals surface area contributed by atoms with Crippen LogP contribution in [-0.4, -0.2) is 75.0 Å². The third-order valence-corrected chi connectivity index (χ3v) is 15.1. The van der Waals surface area contributed by atoms with E-state index in [1.807, 2.05) is 78.6 Å². The third kappa shape index (κ3) is 4.16. The van der Waals surface area contributed by atoms with Crippen LogP contribution < -0.4 is 0 Å². The fraction of sp³-hybridized carbons (Fsp3) is 0.812. The van der Waals surface area contributed by atoms with Gasteiger partial charge >= 0.3 is 6.03 Å². The van der Waals surface area contributed by atoms with Crippen molar-refractivity contribution in [3.8, 4) is 0 Å². The highest BCUT2D eigenvalue weighted by Crippen LogP contribution is 2.38. The second kappa shape index (κ2) is 6.64. The number of rotatable bonds is 5. The molecule has 1 atom stereocenters. The summed E-state index contributed by atoms with van der Waals surface area (Å²) in [5.41, 5.74) is -2.43. The third-order valence-electron chi connectivity index (χ3n) is 4.39. The largest absolute Gasteiger partial charge is 0.391 e. The van der Waals surface area contributed by atoms with Crippen LogP contribution >= 0.6 is 0 Å². The number of aliphatic hydroxyl groups is 1. The van der Waals surface area contributed by atoms with Crippen LogP contribution in [0.25, 0.3) is 0 Å². The molecule has 1 heterocycles. The van der Waals surface area contributed by atoms with Gasteiger partial charge in [-0.05, 0) is 0 Å². The first kappa shape index (κ1) is 24.3. The highest BCUT2D eigenvalue weighted by Gasteiger charge is 2.68. The summed E-state index contributed by atoms with van der Waals surface area (Å²) in [6.07, 6.45) is 0. The van der Waals surface area contributed by atoms with Crippen LogP contribution in [0.15, 0.2) is 0 Å². The average Bonchev–Trinajstić information content (AvgIpc) is 2.52. The number of hydrogen-bond acceptors (Lipinski definition) is 4. The molecule has 11 heteroatoms. The van der Waals surface area contributed by atoms with Crippen molar-refractivity contribution in [3.05, 3.63) is 0 Å². The smallest absolute Gasteiger partial charge is 0.313 e. The van der Waals surface area contributed by atoms with E-state index in [4.69, 9.17) is 0 Å². The molecule has 0 aromatic rings. The number of nitrogens with zero attached hydrogens (tertiary/aromatic N) is 3. The normalized spacial score (nSPS) is 22.6. The molecule has 1 unspecified atom stereocenters. The molecule has 1 saturated heterocycles. The van der Waals surface area contributed by atoms with Crippen molar-refractivity contribution in [3.63, 3.8) is 0 Å². The predicted molar refractivity (Wildman–Crippen MR) is 119 cm³/mol. The summed E-state index contributed by atoms with van der Waals surface area (Å²) in [5, 5.41) is 11.6. The fourth-order valence-electron chi connectivity index (χ4n) is 3.90. The summed E-state index contributed by atoms with van der Waals surface area (Å²) in [7, 11) is -9.37. The van der Waals surface area contributed by atoms with Crippen LogP contribution in [0, 0.1) is 0 Å². The first-order valence-corrected chi connectivity index (χ1v) is 23.1. The van der Waals surface area contributed by atoms with E-state index in [0.717, 1.165) is 0 Å². The molecule has 1 fully saturated rings. The van der Waals surface area contributed by atoms with E-state index in [1.165, 1.54) is 9.13 Å². The molecule has 0 aromatic carbocycles. The lowest BCUT2D eigenvalue weighted by Crippen LogP contribution is -2.73. The van der Waals surface area contributed by atoms with Crippen molar-refractivity contribution in [1.29, 1.82) is 0 Å². The van der Waals surface area contributed by atoms with Crippen molar-refractivity contribution >= 4 is 50.8 Å². The minimum atomic E-state index is -2.54. The van der Waals surface area contributed by atoms with Gasteiger partial charge in [-0.15, -0.1) is 0 Å². The first-order chi connectivity index (χ1) is 11.6. The lowest BCUT2D eigenvalue weighted by Gasteiger charge is -2.48. The van der Waals surface area contributed by atoms with E-state index < -0.39 is 56.5 Å². The number of imide groups is 1. The lowest BCUT2D eigenvalue weighted by molar-refractivity contribution is -0.163. The van der Waals surface area contributed by atoms with Crippen LogP contribution in [0.4, 0.5) is 4.79 Å².